The topological polar surface area (TPSA) is 133 Å². The highest BCUT2D eigenvalue weighted by Gasteiger charge is 2.50. The molecular weight excluding hydrogens is 634 g/mol. The molecule has 2 heterocycles. The first kappa shape index (κ1) is 36.7. The lowest BCUT2D eigenvalue weighted by molar-refractivity contribution is -0.272. The molecule has 274 valence electrons. The summed E-state index contributed by atoms with van der Waals surface area (Å²) in [6, 6.07) is 7.70. The van der Waals surface area contributed by atoms with Crippen molar-refractivity contribution in [1.82, 2.24) is 4.90 Å². The smallest absolute Gasteiger partial charge is 0.306 e. The molecule has 3 aliphatic carbocycles. The number of fused-ring (bicyclic) bond motifs is 5. The Morgan fingerprint density at radius 3 is 2.56 bits per heavy atom. The second kappa shape index (κ2) is 16.1. The van der Waals surface area contributed by atoms with Gasteiger partial charge in [0.05, 0.1) is 24.3 Å². The van der Waals surface area contributed by atoms with Gasteiger partial charge in [-0.15, -0.1) is 0 Å². The minimum Gasteiger partial charge on any atom is -0.462 e. The van der Waals surface area contributed by atoms with Gasteiger partial charge in [0, 0.05) is 30.0 Å². The Morgan fingerprint density at radius 2 is 1.82 bits per heavy atom. The number of allylic oxidation sites excluding steroid dienone is 4. The number of likely N-dealkylation sites (N-methyl/N-ethyl adjacent to an activating group) is 1. The Labute approximate surface area is 297 Å². The largest absolute Gasteiger partial charge is 0.462 e. The van der Waals surface area contributed by atoms with E-state index in [2.05, 4.69) is 23.4 Å². The van der Waals surface area contributed by atoms with Gasteiger partial charge in [0.25, 0.3) is 0 Å². The van der Waals surface area contributed by atoms with Gasteiger partial charge < -0.3 is 34.8 Å². The molecule has 4 unspecified atom stereocenters. The number of carbonyl (C=O) groups is 2. The van der Waals surface area contributed by atoms with Crippen molar-refractivity contribution in [3.63, 3.8) is 0 Å². The Morgan fingerprint density at radius 1 is 1.04 bits per heavy atom. The maximum absolute atomic E-state index is 14.6. The van der Waals surface area contributed by atoms with Crippen LogP contribution in [0, 0.1) is 35.5 Å². The van der Waals surface area contributed by atoms with E-state index in [9.17, 15) is 14.7 Å². The maximum atomic E-state index is 14.6. The van der Waals surface area contributed by atoms with E-state index in [4.69, 9.17) is 24.8 Å². The van der Waals surface area contributed by atoms with Crippen molar-refractivity contribution >= 4 is 23.2 Å². The van der Waals surface area contributed by atoms with Crippen LogP contribution in [0.3, 0.4) is 0 Å². The lowest BCUT2D eigenvalue weighted by Crippen LogP contribution is -2.55. The molecule has 0 aromatic heterocycles. The van der Waals surface area contributed by atoms with Gasteiger partial charge in [-0.25, -0.2) is 0 Å². The Hall–Kier alpha value is -3.05. The highest BCUT2D eigenvalue weighted by Crippen LogP contribution is 2.53. The number of nitrogens with zero attached hydrogens (tertiary/aromatic N) is 2. The number of aliphatic hydroxyl groups excluding tert-OH is 1. The van der Waals surface area contributed by atoms with E-state index in [0.717, 1.165) is 49.1 Å². The zero-order valence-corrected chi connectivity index (χ0v) is 30.4. The number of ketones is 1. The third kappa shape index (κ3) is 8.19. The van der Waals surface area contributed by atoms with Crippen molar-refractivity contribution in [2.24, 2.45) is 40.7 Å². The number of rotatable bonds is 8. The molecule has 12 atom stereocenters. The van der Waals surface area contributed by atoms with Crippen molar-refractivity contribution in [2.75, 3.05) is 26.4 Å². The monoisotopic (exact) mass is 691 g/mol. The Balaban J connectivity index is 1.20. The first-order chi connectivity index (χ1) is 24.0. The van der Waals surface area contributed by atoms with Crippen LogP contribution in [0.1, 0.15) is 77.7 Å². The van der Waals surface area contributed by atoms with Crippen LogP contribution in [-0.4, -0.2) is 84.9 Å². The predicted molar refractivity (Wildman–Crippen MR) is 192 cm³/mol. The number of carbonyl (C=O) groups excluding carboxylic acids is 2. The van der Waals surface area contributed by atoms with Gasteiger partial charge in [-0.3, -0.25) is 9.59 Å². The second-order valence-corrected chi connectivity index (χ2v) is 15.5. The summed E-state index contributed by atoms with van der Waals surface area (Å²) < 4.78 is 18.8. The summed E-state index contributed by atoms with van der Waals surface area (Å²) in [6.45, 7) is 6.47. The summed E-state index contributed by atoms with van der Waals surface area (Å²) in [4.78, 5) is 35.8. The molecule has 1 aromatic carbocycles. The molecule has 0 amide bonds. The SMILES string of the molecule is CC[C@H]1CCC[C@H](OC2OC(C)CC(N(C)C)C2O)[C@@H](C)C(=O)C2=C[C@@H]3[C@@H](C=C[C@@H]4C/C(=N/OCCc5ccc(N)cc5)C[C@@H]34)[C@@H]2CC(=O)O1. The molecular formula is C40H57N3O7. The number of hydrogen-bond acceptors (Lipinski definition) is 10. The summed E-state index contributed by atoms with van der Waals surface area (Å²) in [5.74, 6) is -0.204. The fourth-order valence-corrected chi connectivity index (χ4v) is 8.99. The molecule has 2 aliphatic heterocycles. The molecule has 50 heavy (non-hydrogen) atoms. The van der Waals surface area contributed by atoms with Crippen LogP contribution in [-0.2, 0) is 35.1 Å². The third-order valence-electron chi connectivity index (χ3n) is 11.9. The summed E-state index contributed by atoms with van der Waals surface area (Å²) in [6.07, 6.45) is 10.3. The Kier molecular flexibility index (Phi) is 11.8. The fourth-order valence-electron chi connectivity index (χ4n) is 8.99. The predicted octanol–water partition coefficient (Wildman–Crippen LogP) is 5.48. The molecule has 6 rings (SSSR count). The number of benzene rings is 1. The van der Waals surface area contributed by atoms with Crippen molar-refractivity contribution in [3.8, 4) is 0 Å². The van der Waals surface area contributed by atoms with Crippen molar-refractivity contribution < 1.29 is 33.7 Å². The molecule has 1 aromatic rings. The summed E-state index contributed by atoms with van der Waals surface area (Å²) in [5.41, 5.74) is 9.46. The zero-order chi connectivity index (χ0) is 35.5. The van der Waals surface area contributed by atoms with Crippen molar-refractivity contribution in [3.05, 3.63) is 53.6 Å². The van der Waals surface area contributed by atoms with Gasteiger partial charge in [-0.05, 0) is 113 Å². The minimum absolute atomic E-state index is 0.0140. The molecule has 3 fully saturated rings. The molecule has 0 bridgehead atoms. The van der Waals surface area contributed by atoms with Crippen LogP contribution in [0.5, 0.6) is 0 Å². The Bertz CT molecular complexity index is 1440. The van der Waals surface area contributed by atoms with Crippen LogP contribution < -0.4 is 5.73 Å². The quantitative estimate of drug-likeness (QED) is 0.120. The van der Waals surface area contributed by atoms with E-state index in [0.29, 0.717) is 37.4 Å². The number of cyclic esters (lactones) is 1. The standard InChI is InChI=1S/C40H57N3O7/c1-6-29-8-7-9-36(50-40-39(46)35(43(4)5)18-23(2)48-40)24(3)38(45)34-21-32-30(33(34)22-37(44)49-29)15-12-26-19-28(20-31(26)32)42-47-17-16-25-10-13-27(41)14-11-25/h10-15,21,23-24,26,29-33,35-36,39-40,46H,6-9,16-20,22,41H2,1-5H3/b42-28-/t23?,24-,26-,29+,30-,31-,32-,33+,35?,36+,39?,40?/m1/s1. The lowest BCUT2D eigenvalue weighted by Gasteiger charge is -2.42. The summed E-state index contributed by atoms with van der Waals surface area (Å²) in [5, 5.41) is 15.8. The number of anilines is 1. The molecule has 2 saturated heterocycles. The normalized spacial score (nSPS) is 38.5. The number of Topliss-reactive ketones (excluding diaryl/α,β-unsaturated/α-hetero) is 1. The number of esters is 1. The van der Waals surface area contributed by atoms with Gasteiger partial charge in [0.15, 0.2) is 12.1 Å². The van der Waals surface area contributed by atoms with E-state index in [1.54, 1.807) is 0 Å². The van der Waals surface area contributed by atoms with E-state index in [-0.39, 0.29) is 60.1 Å². The number of hydrogen-bond donors (Lipinski definition) is 2. The number of nitrogens with two attached hydrogens (primary N) is 1. The maximum Gasteiger partial charge on any atom is 0.306 e. The second-order valence-electron chi connectivity index (χ2n) is 15.5. The first-order valence-corrected chi connectivity index (χ1v) is 18.8. The van der Waals surface area contributed by atoms with E-state index in [1.165, 1.54) is 0 Å². The number of nitrogen functional groups attached to an aromatic ring is 1. The highest BCUT2D eigenvalue weighted by atomic mass is 16.7. The lowest BCUT2D eigenvalue weighted by atomic mass is 9.70. The van der Waals surface area contributed by atoms with Gasteiger partial charge in [-0.1, -0.05) is 49.4 Å². The van der Waals surface area contributed by atoms with E-state index < -0.39 is 24.4 Å². The molecule has 1 saturated carbocycles. The van der Waals surface area contributed by atoms with Crippen LogP contribution >= 0.6 is 0 Å². The van der Waals surface area contributed by atoms with Crippen LogP contribution in [0.4, 0.5) is 5.69 Å². The molecule has 10 heteroatoms. The van der Waals surface area contributed by atoms with Crippen molar-refractivity contribution in [1.29, 1.82) is 0 Å². The van der Waals surface area contributed by atoms with Gasteiger partial charge >= 0.3 is 5.97 Å². The average Bonchev–Trinajstić information content (AvgIpc) is 3.67. The van der Waals surface area contributed by atoms with Crippen LogP contribution in [0.25, 0.3) is 0 Å². The number of oxime groups is 1. The molecule has 0 spiro atoms. The van der Waals surface area contributed by atoms with Crippen LogP contribution in [0.2, 0.25) is 0 Å². The molecule has 3 N–H and O–H groups in total. The van der Waals surface area contributed by atoms with Gasteiger partial charge in [0.2, 0.25) is 0 Å². The highest BCUT2D eigenvalue weighted by molar-refractivity contribution is 5.99. The summed E-state index contributed by atoms with van der Waals surface area (Å²) >= 11 is 0. The van der Waals surface area contributed by atoms with Crippen molar-refractivity contribution in [2.45, 2.75) is 115 Å². The minimum atomic E-state index is -0.836. The zero-order valence-electron chi connectivity index (χ0n) is 30.4. The molecule has 10 nitrogen and oxygen atoms in total. The van der Waals surface area contributed by atoms with Gasteiger partial charge in [0.1, 0.15) is 18.8 Å². The van der Waals surface area contributed by atoms with Gasteiger partial charge in [-0.2, -0.15) is 0 Å². The molecule has 5 aliphatic rings. The average molecular weight is 692 g/mol. The summed E-state index contributed by atoms with van der Waals surface area (Å²) in [7, 11) is 3.91. The third-order valence-corrected chi connectivity index (χ3v) is 11.9. The van der Waals surface area contributed by atoms with Crippen LogP contribution in [0.15, 0.2) is 53.2 Å². The van der Waals surface area contributed by atoms with E-state index in [1.807, 2.05) is 64.0 Å². The molecule has 0 radical (unpaired) electrons. The fraction of sp³-hybridized carbons (Fsp3) is 0.675. The first-order valence-electron chi connectivity index (χ1n) is 18.8. The number of aliphatic hydroxyl groups is 1. The van der Waals surface area contributed by atoms with E-state index >= 15 is 0 Å². The number of ether oxygens (including phenoxy) is 3.